The largest absolute Gasteiger partial charge is 0.483 e. The molecule has 0 aliphatic heterocycles. The first-order valence-electron chi connectivity index (χ1n) is 11.2. The molecule has 0 aliphatic rings. The summed E-state index contributed by atoms with van der Waals surface area (Å²) >= 11 is 9.63. The van der Waals surface area contributed by atoms with Gasteiger partial charge in [0.15, 0.2) is 6.61 Å². The van der Waals surface area contributed by atoms with E-state index in [1.807, 2.05) is 76.2 Å². The third kappa shape index (κ3) is 6.73. The molecule has 0 bridgehead atoms. The molecule has 0 heterocycles. The van der Waals surface area contributed by atoms with Crippen molar-refractivity contribution in [3.8, 4) is 5.75 Å². The summed E-state index contributed by atoms with van der Waals surface area (Å²) in [4.78, 5) is 28.1. The highest BCUT2D eigenvalue weighted by atomic mass is 79.9. The Morgan fingerprint density at radius 2 is 1.74 bits per heavy atom. The molecule has 3 aromatic carbocycles. The molecule has 0 spiro atoms. The minimum Gasteiger partial charge on any atom is -0.483 e. The fraction of sp³-hybridized carbons (Fsp3) is 0.333. The topological polar surface area (TPSA) is 58.6 Å². The monoisotopic (exact) mass is 544 g/mol. The van der Waals surface area contributed by atoms with Gasteiger partial charge in [0, 0.05) is 17.1 Å². The number of nitrogens with one attached hydrogen (secondary N) is 1. The van der Waals surface area contributed by atoms with E-state index in [-0.39, 0.29) is 25.0 Å². The number of nitrogens with zero attached hydrogens (tertiary/aromatic N) is 1. The molecule has 0 saturated carbocycles. The van der Waals surface area contributed by atoms with E-state index in [4.69, 9.17) is 16.3 Å². The Morgan fingerprint density at radius 1 is 1.06 bits per heavy atom. The van der Waals surface area contributed by atoms with Crippen molar-refractivity contribution in [2.45, 2.75) is 52.2 Å². The number of hydrogen-bond acceptors (Lipinski definition) is 3. The number of rotatable bonds is 8. The average molecular weight is 546 g/mol. The number of fused-ring (bicyclic) bond motifs is 1. The predicted molar refractivity (Wildman–Crippen MR) is 141 cm³/mol. The van der Waals surface area contributed by atoms with Gasteiger partial charge in [-0.1, -0.05) is 61.0 Å². The van der Waals surface area contributed by atoms with E-state index in [9.17, 15) is 9.59 Å². The van der Waals surface area contributed by atoms with Crippen molar-refractivity contribution in [3.05, 3.63) is 75.7 Å². The van der Waals surface area contributed by atoms with Gasteiger partial charge in [0.2, 0.25) is 5.91 Å². The van der Waals surface area contributed by atoms with Crippen molar-refractivity contribution in [2.75, 3.05) is 6.61 Å². The van der Waals surface area contributed by atoms with Crippen molar-refractivity contribution in [3.63, 3.8) is 0 Å². The van der Waals surface area contributed by atoms with Gasteiger partial charge in [-0.05, 0) is 77.7 Å². The fourth-order valence-corrected chi connectivity index (χ4v) is 4.44. The van der Waals surface area contributed by atoms with Crippen LogP contribution < -0.4 is 10.1 Å². The van der Waals surface area contributed by atoms with Crippen LogP contribution in [0.5, 0.6) is 5.75 Å². The average Bonchev–Trinajstić information content (AvgIpc) is 2.78. The summed E-state index contributed by atoms with van der Waals surface area (Å²) in [5.74, 6) is 0.112. The minimum atomic E-state index is -0.633. The molecule has 1 atom stereocenters. The van der Waals surface area contributed by atoms with E-state index in [1.54, 1.807) is 17.0 Å². The van der Waals surface area contributed by atoms with Gasteiger partial charge in [0.05, 0.1) is 4.47 Å². The van der Waals surface area contributed by atoms with E-state index >= 15 is 0 Å². The van der Waals surface area contributed by atoms with E-state index in [2.05, 4.69) is 21.2 Å². The lowest BCUT2D eigenvalue weighted by Gasteiger charge is -2.33. The van der Waals surface area contributed by atoms with Gasteiger partial charge in [0.25, 0.3) is 5.91 Å². The van der Waals surface area contributed by atoms with Crippen molar-refractivity contribution in [1.29, 1.82) is 0 Å². The highest BCUT2D eigenvalue weighted by molar-refractivity contribution is 9.10. The Kier molecular flexibility index (Phi) is 8.61. The summed E-state index contributed by atoms with van der Waals surface area (Å²) < 4.78 is 6.72. The molecule has 7 heteroatoms. The van der Waals surface area contributed by atoms with Crippen LogP contribution in [0.15, 0.2) is 65.1 Å². The van der Waals surface area contributed by atoms with E-state index < -0.39 is 11.6 Å². The van der Waals surface area contributed by atoms with Crippen molar-refractivity contribution in [2.24, 2.45) is 0 Å². The molecular weight excluding hydrogens is 516 g/mol. The van der Waals surface area contributed by atoms with E-state index in [0.29, 0.717) is 17.2 Å². The van der Waals surface area contributed by atoms with E-state index in [0.717, 1.165) is 20.8 Å². The molecule has 0 radical (unpaired) electrons. The first-order chi connectivity index (χ1) is 16.1. The number of carbonyl (C=O) groups is 2. The summed E-state index contributed by atoms with van der Waals surface area (Å²) in [6.07, 6.45) is 0.473. The zero-order chi connectivity index (χ0) is 24.9. The number of hydrogen-bond donors (Lipinski definition) is 1. The first kappa shape index (κ1) is 26.0. The summed E-state index contributed by atoms with van der Waals surface area (Å²) in [6, 6.07) is 18.4. The van der Waals surface area contributed by atoms with Crippen LogP contribution in [0.3, 0.4) is 0 Å². The molecular formula is C27H30BrClN2O3. The lowest BCUT2D eigenvalue weighted by molar-refractivity contribution is -0.143. The molecule has 3 aromatic rings. The van der Waals surface area contributed by atoms with Gasteiger partial charge in [-0.25, -0.2) is 0 Å². The Bertz CT molecular complexity index is 1160. The quantitative estimate of drug-likeness (QED) is 0.358. The summed E-state index contributed by atoms with van der Waals surface area (Å²) in [6.45, 7) is 7.74. The molecule has 0 fully saturated rings. The summed E-state index contributed by atoms with van der Waals surface area (Å²) in [7, 11) is 0. The molecule has 2 amide bonds. The maximum atomic E-state index is 13.4. The van der Waals surface area contributed by atoms with Gasteiger partial charge in [0.1, 0.15) is 11.8 Å². The zero-order valence-electron chi connectivity index (χ0n) is 19.9. The molecule has 0 unspecified atom stereocenters. The van der Waals surface area contributed by atoms with Crippen molar-refractivity contribution in [1.82, 2.24) is 10.2 Å². The second-order valence-electron chi connectivity index (χ2n) is 9.20. The second-order valence-corrected chi connectivity index (χ2v) is 10.4. The van der Waals surface area contributed by atoms with Crippen molar-refractivity contribution < 1.29 is 14.3 Å². The molecule has 34 heavy (non-hydrogen) atoms. The van der Waals surface area contributed by atoms with Crippen LogP contribution in [-0.4, -0.2) is 34.9 Å². The normalized spacial score (nSPS) is 12.3. The Hall–Kier alpha value is -2.57. The SMILES string of the molecule is CC[C@H](C(=O)NC(C)(C)C)N(Cc1ccc(Cl)cc1)C(=O)COc1ccc2ccccc2c1Br. The predicted octanol–water partition coefficient (Wildman–Crippen LogP) is 6.36. The van der Waals surface area contributed by atoms with Crippen LogP contribution in [-0.2, 0) is 16.1 Å². The van der Waals surface area contributed by atoms with Crippen LogP contribution >= 0.6 is 27.5 Å². The molecule has 0 aromatic heterocycles. The van der Waals surface area contributed by atoms with Crippen LogP contribution in [0.4, 0.5) is 0 Å². The highest BCUT2D eigenvalue weighted by Gasteiger charge is 2.31. The number of carbonyl (C=O) groups excluding carboxylic acids is 2. The second kappa shape index (κ2) is 11.2. The number of benzene rings is 3. The fourth-order valence-electron chi connectivity index (χ4n) is 3.71. The molecule has 5 nitrogen and oxygen atoms in total. The Labute approximate surface area is 214 Å². The maximum Gasteiger partial charge on any atom is 0.261 e. The molecule has 1 N–H and O–H groups in total. The van der Waals surface area contributed by atoms with Crippen LogP contribution in [0.2, 0.25) is 5.02 Å². The molecule has 0 aliphatic carbocycles. The standard InChI is InChI=1S/C27H30BrClN2O3/c1-5-22(26(33)30-27(2,3)4)31(16-18-10-13-20(29)14-11-18)24(32)17-34-23-15-12-19-8-6-7-9-21(19)25(23)28/h6-15,22H,5,16-17H2,1-4H3,(H,30,33)/t22-/m1/s1. The van der Waals surface area contributed by atoms with Gasteiger partial charge in [-0.2, -0.15) is 0 Å². The first-order valence-corrected chi connectivity index (χ1v) is 12.4. The maximum absolute atomic E-state index is 13.4. The Balaban J connectivity index is 1.84. The van der Waals surface area contributed by atoms with Crippen molar-refractivity contribution >= 4 is 50.1 Å². The van der Waals surface area contributed by atoms with Gasteiger partial charge >= 0.3 is 0 Å². The van der Waals surface area contributed by atoms with Crippen LogP contribution in [0.1, 0.15) is 39.7 Å². The smallest absolute Gasteiger partial charge is 0.261 e. The zero-order valence-corrected chi connectivity index (χ0v) is 22.2. The molecule has 180 valence electrons. The number of amides is 2. The number of halogens is 2. The third-order valence-electron chi connectivity index (χ3n) is 5.33. The lowest BCUT2D eigenvalue weighted by Crippen LogP contribution is -2.54. The number of ether oxygens (including phenoxy) is 1. The summed E-state index contributed by atoms with van der Waals surface area (Å²) in [5.41, 5.74) is 0.470. The highest BCUT2D eigenvalue weighted by Crippen LogP contribution is 2.33. The van der Waals surface area contributed by atoms with E-state index in [1.165, 1.54) is 0 Å². The Morgan fingerprint density at radius 3 is 2.38 bits per heavy atom. The van der Waals surface area contributed by atoms with Gasteiger partial charge in [-0.3, -0.25) is 9.59 Å². The lowest BCUT2D eigenvalue weighted by atomic mass is 10.1. The van der Waals surface area contributed by atoms with Crippen LogP contribution in [0, 0.1) is 0 Å². The van der Waals surface area contributed by atoms with Gasteiger partial charge in [-0.15, -0.1) is 0 Å². The molecule has 0 saturated heterocycles. The molecule has 3 rings (SSSR count). The third-order valence-corrected chi connectivity index (χ3v) is 6.40. The summed E-state index contributed by atoms with van der Waals surface area (Å²) in [5, 5.41) is 5.69. The minimum absolute atomic E-state index is 0.191. The van der Waals surface area contributed by atoms with Gasteiger partial charge < -0.3 is 15.0 Å². The van der Waals surface area contributed by atoms with Crippen LogP contribution in [0.25, 0.3) is 10.8 Å².